The first-order chi connectivity index (χ1) is 15.4. The molecule has 1 aliphatic rings. The number of thioether (sulfide) groups is 1. The molecule has 1 saturated heterocycles. The Labute approximate surface area is 210 Å². The summed E-state index contributed by atoms with van der Waals surface area (Å²) in [4.78, 5) is 35.2. The third-order valence-electron chi connectivity index (χ3n) is 5.10. The molecule has 1 amide bonds. The summed E-state index contributed by atoms with van der Waals surface area (Å²) < 4.78 is 6.30. The summed E-state index contributed by atoms with van der Waals surface area (Å²) in [6.07, 6.45) is 3.75. The van der Waals surface area contributed by atoms with Crippen LogP contribution in [0.4, 0.5) is 5.69 Å². The zero-order chi connectivity index (χ0) is 22.8. The van der Waals surface area contributed by atoms with E-state index in [0.29, 0.717) is 23.0 Å². The third kappa shape index (κ3) is 5.52. The van der Waals surface area contributed by atoms with Gasteiger partial charge in [0.2, 0.25) is 5.89 Å². The lowest BCUT2D eigenvalue weighted by atomic mass is 10.1. The van der Waals surface area contributed by atoms with Crippen molar-refractivity contribution >= 4 is 59.0 Å². The molecule has 1 fully saturated rings. The number of nitrogens with one attached hydrogen (secondary N) is 1. The topological polar surface area (TPSA) is 106 Å². The monoisotopic (exact) mass is 530 g/mol. The number of aromatic nitrogens is 4. The first-order valence-electron chi connectivity index (χ1n) is 9.84. The van der Waals surface area contributed by atoms with Crippen molar-refractivity contribution in [1.82, 2.24) is 25.1 Å². The molecule has 13 heteroatoms. The van der Waals surface area contributed by atoms with Gasteiger partial charge in [-0.1, -0.05) is 41.0 Å². The first-order valence-corrected chi connectivity index (χ1v) is 11.8. The molecule has 1 aliphatic heterocycles. The number of amides is 1. The van der Waals surface area contributed by atoms with Crippen molar-refractivity contribution in [2.45, 2.75) is 24.0 Å². The molecule has 0 spiro atoms. The van der Waals surface area contributed by atoms with Gasteiger partial charge in [-0.2, -0.15) is 4.68 Å². The Kier molecular flexibility index (Phi) is 8.41. The van der Waals surface area contributed by atoms with Crippen molar-refractivity contribution < 1.29 is 9.21 Å². The van der Waals surface area contributed by atoms with E-state index < -0.39 is 11.7 Å². The molecule has 9 nitrogen and oxygen atoms in total. The second-order valence-corrected chi connectivity index (χ2v) is 8.71. The minimum absolute atomic E-state index is 0. The molecule has 0 saturated carbocycles. The lowest BCUT2D eigenvalue weighted by molar-refractivity contribution is 0.0984. The van der Waals surface area contributed by atoms with Crippen molar-refractivity contribution in [3.8, 4) is 11.5 Å². The van der Waals surface area contributed by atoms with Gasteiger partial charge in [0.05, 0.1) is 0 Å². The molecule has 0 aliphatic carbocycles. The van der Waals surface area contributed by atoms with Crippen LogP contribution in [0.2, 0.25) is 10.3 Å². The van der Waals surface area contributed by atoms with Crippen LogP contribution in [0, 0.1) is 0 Å². The average molecular weight is 532 g/mol. The van der Waals surface area contributed by atoms with Crippen LogP contribution in [0.3, 0.4) is 0 Å². The molecule has 4 rings (SSSR count). The summed E-state index contributed by atoms with van der Waals surface area (Å²) in [7, 11) is 1.50. The Morgan fingerprint density at radius 2 is 2.06 bits per heavy atom. The van der Waals surface area contributed by atoms with Gasteiger partial charge in [0.1, 0.15) is 15.9 Å². The highest BCUT2D eigenvalue weighted by atomic mass is 35.5. The maximum absolute atomic E-state index is 13.6. The van der Waals surface area contributed by atoms with E-state index in [0.717, 1.165) is 24.1 Å². The number of carbonyl (C=O) groups is 1. The lowest BCUT2D eigenvalue weighted by Crippen LogP contribution is -2.41. The van der Waals surface area contributed by atoms with Gasteiger partial charge in [-0.25, -0.2) is 14.8 Å². The van der Waals surface area contributed by atoms with E-state index in [-0.39, 0.29) is 40.2 Å². The SMILES string of the molecule is CSc1nc(Cl)c(C(=O)N(C[C@@H]2CCCN2)c2cccc(-c3nn(C)c(=O)o3)c2)c(Cl)n1.Cl. The van der Waals surface area contributed by atoms with Gasteiger partial charge in [-0.15, -0.1) is 17.5 Å². The number of hydrogen-bond acceptors (Lipinski definition) is 8. The highest BCUT2D eigenvalue weighted by Crippen LogP contribution is 2.30. The molecular formula is C20H21Cl3N6O3S. The van der Waals surface area contributed by atoms with Gasteiger partial charge in [-0.3, -0.25) is 4.79 Å². The molecule has 0 radical (unpaired) electrons. The summed E-state index contributed by atoms with van der Waals surface area (Å²) in [6, 6.07) is 7.15. The number of halogens is 3. The van der Waals surface area contributed by atoms with Gasteiger partial charge in [0.15, 0.2) is 5.16 Å². The Morgan fingerprint density at radius 1 is 1.33 bits per heavy atom. The predicted octanol–water partition coefficient (Wildman–Crippen LogP) is 3.68. The minimum Gasteiger partial charge on any atom is -0.388 e. The zero-order valence-electron chi connectivity index (χ0n) is 17.7. The van der Waals surface area contributed by atoms with Gasteiger partial charge in [0.25, 0.3) is 5.91 Å². The summed E-state index contributed by atoms with van der Waals surface area (Å²) in [6.45, 7) is 1.28. The van der Waals surface area contributed by atoms with Gasteiger partial charge in [-0.05, 0) is 43.8 Å². The normalized spacial score (nSPS) is 15.3. The van der Waals surface area contributed by atoms with E-state index in [1.54, 1.807) is 35.4 Å². The van der Waals surface area contributed by atoms with E-state index in [9.17, 15) is 9.59 Å². The molecule has 33 heavy (non-hydrogen) atoms. The van der Waals surface area contributed by atoms with Crippen molar-refractivity contribution in [1.29, 1.82) is 0 Å². The van der Waals surface area contributed by atoms with Crippen molar-refractivity contribution in [3.63, 3.8) is 0 Å². The molecule has 3 heterocycles. The number of benzene rings is 1. The van der Waals surface area contributed by atoms with Crippen LogP contribution in [-0.2, 0) is 7.05 Å². The fourth-order valence-electron chi connectivity index (χ4n) is 3.50. The maximum Gasteiger partial charge on any atom is 0.437 e. The molecule has 1 aromatic carbocycles. The van der Waals surface area contributed by atoms with Crippen LogP contribution in [0.25, 0.3) is 11.5 Å². The Hall–Kier alpha value is -2.11. The number of hydrogen-bond donors (Lipinski definition) is 1. The number of anilines is 1. The third-order valence-corrected chi connectivity index (χ3v) is 6.20. The summed E-state index contributed by atoms with van der Waals surface area (Å²) in [5.74, 6) is -0.825. The minimum atomic E-state index is -0.571. The maximum atomic E-state index is 13.6. The predicted molar refractivity (Wildman–Crippen MR) is 131 cm³/mol. The van der Waals surface area contributed by atoms with Gasteiger partial charge in [0, 0.05) is 30.9 Å². The van der Waals surface area contributed by atoms with Crippen LogP contribution in [0.5, 0.6) is 0 Å². The van der Waals surface area contributed by atoms with Crippen LogP contribution in [0.15, 0.2) is 38.6 Å². The van der Waals surface area contributed by atoms with Crippen LogP contribution in [0.1, 0.15) is 23.2 Å². The Balaban J connectivity index is 0.00000306. The Morgan fingerprint density at radius 3 is 2.64 bits per heavy atom. The van der Waals surface area contributed by atoms with Gasteiger partial charge < -0.3 is 14.6 Å². The summed E-state index contributed by atoms with van der Waals surface area (Å²) in [5, 5.41) is 7.86. The molecule has 176 valence electrons. The fraction of sp³-hybridized carbons (Fsp3) is 0.350. The van der Waals surface area contributed by atoms with E-state index in [4.69, 9.17) is 27.6 Å². The number of aryl methyl sites for hydroxylation is 1. The van der Waals surface area contributed by atoms with E-state index in [1.807, 2.05) is 0 Å². The van der Waals surface area contributed by atoms with Gasteiger partial charge >= 0.3 is 5.76 Å². The lowest BCUT2D eigenvalue weighted by Gasteiger charge is -2.27. The second-order valence-electron chi connectivity index (χ2n) is 7.22. The zero-order valence-corrected chi connectivity index (χ0v) is 20.9. The highest BCUT2D eigenvalue weighted by Gasteiger charge is 2.29. The fourth-order valence-corrected chi connectivity index (χ4v) is 4.52. The van der Waals surface area contributed by atoms with E-state index in [2.05, 4.69) is 20.4 Å². The smallest absolute Gasteiger partial charge is 0.388 e. The first kappa shape index (κ1) is 25.5. The van der Waals surface area contributed by atoms with Crippen molar-refractivity contribution in [2.24, 2.45) is 7.05 Å². The Bertz CT molecular complexity index is 1190. The molecular weight excluding hydrogens is 511 g/mol. The second kappa shape index (κ2) is 10.9. The summed E-state index contributed by atoms with van der Waals surface area (Å²) >= 11 is 13.9. The molecule has 2 aromatic heterocycles. The largest absolute Gasteiger partial charge is 0.437 e. The molecule has 0 bridgehead atoms. The highest BCUT2D eigenvalue weighted by molar-refractivity contribution is 7.98. The number of rotatable bonds is 6. The van der Waals surface area contributed by atoms with Crippen LogP contribution >= 0.6 is 47.4 Å². The number of carbonyl (C=O) groups excluding carboxylic acids is 1. The quantitative estimate of drug-likeness (QED) is 0.292. The van der Waals surface area contributed by atoms with Crippen LogP contribution < -0.4 is 16.0 Å². The molecule has 1 N–H and O–H groups in total. The van der Waals surface area contributed by atoms with E-state index >= 15 is 0 Å². The standard InChI is InChI=1S/C20H20Cl2N6O3S.ClH/c1-27-20(30)31-17(26-27)11-5-3-7-13(9-11)28(10-12-6-4-8-23-12)18(29)14-15(21)24-19(32-2)25-16(14)22;/h3,5,7,9,12,23H,4,6,8,10H2,1-2H3;1H/t12-;/m0./s1. The average Bonchev–Trinajstić information content (AvgIpc) is 3.41. The van der Waals surface area contributed by atoms with Crippen molar-refractivity contribution in [2.75, 3.05) is 24.2 Å². The number of nitrogens with zero attached hydrogens (tertiary/aromatic N) is 5. The summed E-state index contributed by atoms with van der Waals surface area (Å²) in [5.41, 5.74) is 1.18. The van der Waals surface area contributed by atoms with E-state index in [1.165, 1.54) is 18.8 Å². The molecule has 3 aromatic rings. The molecule has 1 atom stereocenters. The van der Waals surface area contributed by atoms with Crippen molar-refractivity contribution in [3.05, 3.63) is 50.7 Å². The van der Waals surface area contributed by atoms with Crippen LogP contribution in [-0.4, -0.2) is 51.0 Å². The molecule has 0 unspecified atom stereocenters.